The molecule has 0 saturated carbocycles. The molecule has 0 saturated heterocycles. The van der Waals surface area contributed by atoms with Crippen LogP contribution in [0.25, 0.3) is 11.3 Å². The number of nitrogens with zero attached hydrogens (tertiary/aromatic N) is 2. The number of H-pyrrole nitrogens is 1. The lowest BCUT2D eigenvalue weighted by Gasteiger charge is -2.08. The number of amides is 1. The minimum Gasteiger partial charge on any atom is -0.439 e. The molecule has 2 N–H and O–H groups in total. The summed E-state index contributed by atoms with van der Waals surface area (Å²) < 4.78 is 5.68. The molecule has 0 fully saturated rings. The second-order valence-electron chi connectivity index (χ2n) is 5.80. The van der Waals surface area contributed by atoms with Gasteiger partial charge in [-0.25, -0.2) is 4.98 Å². The standard InChI is InChI=1S/C21H16N4O2/c26-21(24-17-9-7-15(8-10-17)19-11-13-23-25-19)16-4-3-5-18(14-16)27-20-6-1-2-12-22-20/h1-14H,(H,23,25)(H,24,26). The molecule has 27 heavy (non-hydrogen) atoms. The van der Waals surface area contributed by atoms with Crippen LogP contribution in [0.2, 0.25) is 0 Å². The highest BCUT2D eigenvalue weighted by Crippen LogP contribution is 2.22. The normalized spacial score (nSPS) is 10.4. The predicted molar refractivity (Wildman–Crippen MR) is 103 cm³/mol. The molecule has 6 heteroatoms. The van der Waals surface area contributed by atoms with Gasteiger partial charge in [-0.15, -0.1) is 0 Å². The van der Waals surface area contributed by atoms with Gasteiger partial charge in [0.2, 0.25) is 5.88 Å². The number of hydrogen-bond donors (Lipinski definition) is 2. The summed E-state index contributed by atoms with van der Waals surface area (Å²) in [6.07, 6.45) is 3.35. The number of nitrogens with one attached hydrogen (secondary N) is 2. The summed E-state index contributed by atoms with van der Waals surface area (Å²) in [7, 11) is 0. The van der Waals surface area contributed by atoms with Crippen LogP contribution in [-0.4, -0.2) is 21.1 Å². The van der Waals surface area contributed by atoms with Gasteiger partial charge in [0.25, 0.3) is 5.91 Å². The van der Waals surface area contributed by atoms with Gasteiger partial charge in [-0.3, -0.25) is 9.89 Å². The Balaban J connectivity index is 1.46. The fraction of sp³-hybridized carbons (Fsp3) is 0. The molecule has 2 aromatic carbocycles. The third-order valence-corrected chi connectivity index (χ3v) is 3.91. The summed E-state index contributed by atoms with van der Waals surface area (Å²) >= 11 is 0. The third kappa shape index (κ3) is 4.01. The van der Waals surface area contributed by atoms with Gasteiger partial charge in [0, 0.05) is 29.7 Å². The zero-order valence-electron chi connectivity index (χ0n) is 14.3. The minimum absolute atomic E-state index is 0.212. The Hall–Kier alpha value is -3.93. The zero-order chi connectivity index (χ0) is 18.5. The van der Waals surface area contributed by atoms with Gasteiger partial charge in [-0.05, 0) is 48.0 Å². The molecule has 0 aliphatic heterocycles. The second-order valence-corrected chi connectivity index (χ2v) is 5.80. The summed E-state index contributed by atoms with van der Waals surface area (Å²) in [6.45, 7) is 0. The quantitative estimate of drug-likeness (QED) is 0.551. The van der Waals surface area contributed by atoms with Crippen molar-refractivity contribution in [3.05, 3.63) is 90.8 Å². The second kappa shape index (κ2) is 7.53. The van der Waals surface area contributed by atoms with Crippen LogP contribution in [0.1, 0.15) is 10.4 Å². The van der Waals surface area contributed by atoms with Crippen LogP contribution in [0.5, 0.6) is 11.6 Å². The number of rotatable bonds is 5. The smallest absolute Gasteiger partial charge is 0.255 e. The third-order valence-electron chi connectivity index (χ3n) is 3.91. The van der Waals surface area contributed by atoms with Crippen molar-refractivity contribution in [3.63, 3.8) is 0 Å². The lowest BCUT2D eigenvalue weighted by molar-refractivity contribution is 0.102. The summed E-state index contributed by atoms with van der Waals surface area (Å²) in [5, 5.41) is 9.73. The fourth-order valence-corrected chi connectivity index (χ4v) is 2.58. The number of carbonyl (C=O) groups is 1. The van der Waals surface area contributed by atoms with Crippen LogP contribution in [0, 0.1) is 0 Å². The first-order valence-electron chi connectivity index (χ1n) is 8.38. The van der Waals surface area contributed by atoms with E-state index in [9.17, 15) is 4.79 Å². The van der Waals surface area contributed by atoms with E-state index in [2.05, 4.69) is 20.5 Å². The molecule has 0 unspecified atom stereocenters. The van der Waals surface area contributed by atoms with Crippen LogP contribution in [0.15, 0.2) is 85.2 Å². The van der Waals surface area contributed by atoms with E-state index >= 15 is 0 Å². The zero-order valence-corrected chi connectivity index (χ0v) is 14.3. The van der Waals surface area contributed by atoms with Crippen LogP contribution >= 0.6 is 0 Å². The maximum absolute atomic E-state index is 12.5. The molecular formula is C21H16N4O2. The Morgan fingerprint density at radius 3 is 2.56 bits per heavy atom. The highest BCUT2D eigenvalue weighted by molar-refractivity contribution is 6.04. The Morgan fingerprint density at radius 1 is 0.926 bits per heavy atom. The van der Waals surface area contributed by atoms with Gasteiger partial charge in [0.05, 0.1) is 5.69 Å². The number of benzene rings is 2. The van der Waals surface area contributed by atoms with Crippen molar-refractivity contribution < 1.29 is 9.53 Å². The first-order valence-corrected chi connectivity index (χ1v) is 8.38. The van der Waals surface area contributed by atoms with E-state index in [1.807, 2.05) is 42.5 Å². The van der Waals surface area contributed by atoms with Crippen molar-refractivity contribution in [2.45, 2.75) is 0 Å². The van der Waals surface area contributed by atoms with Gasteiger partial charge < -0.3 is 10.1 Å². The summed E-state index contributed by atoms with van der Waals surface area (Å²) in [6, 6.07) is 21.8. The van der Waals surface area contributed by atoms with Crippen molar-refractivity contribution in [2.75, 3.05) is 5.32 Å². The highest BCUT2D eigenvalue weighted by atomic mass is 16.5. The number of ether oxygens (including phenoxy) is 1. The van der Waals surface area contributed by atoms with Gasteiger partial charge in [-0.1, -0.05) is 24.3 Å². The molecule has 4 aromatic rings. The SMILES string of the molecule is O=C(Nc1ccc(-c2ccn[nH]2)cc1)c1cccc(Oc2ccccn2)c1. The Bertz CT molecular complexity index is 1030. The lowest BCUT2D eigenvalue weighted by atomic mass is 10.1. The number of aromatic amines is 1. The Kier molecular flexibility index (Phi) is 4.61. The van der Waals surface area contributed by atoms with Crippen molar-refractivity contribution >= 4 is 11.6 Å². The molecule has 0 bridgehead atoms. The molecule has 4 rings (SSSR count). The number of pyridine rings is 1. The first kappa shape index (κ1) is 16.5. The van der Waals surface area contributed by atoms with Gasteiger partial charge in [-0.2, -0.15) is 5.10 Å². The molecule has 0 aliphatic rings. The monoisotopic (exact) mass is 356 g/mol. The van der Waals surface area contributed by atoms with Crippen LogP contribution in [-0.2, 0) is 0 Å². The number of hydrogen-bond acceptors (Lipinski definition) is 4. The Morgan fingerprint density at radius 2 is 1.81 bits per heavy atom. The lowest BCUT2D eigenvalue weighted by Crippen LogP contribution is -2.11. The molecule has 0 spiro atoms. The first-order chi connectivity index (χ1) is 13.3. The van der Waals surface area contributed by atoms with E-state index < -0.39 is 0 Å². The van der Waals surface area contributed by atoms with E-state index in [0.29, 0.717) is 22.9 Å². The molecule has 2 aromatic heterocycles. The Labute approximate surface area is 155 Å². The van der Waals surface area contributed by atoms with Crippen molar-refractivity contribution in [1.82, 2.24) is 15.2 Å². The van der Waals surface area contributed by atoms with Crippen LogP contribution < -0.4 is 10.1 Å². The van der Waals surface area contributed by atoms with E-state index in [1.165, 1.54) is 0 Å². The molecular weight excluding hydrogens is 340 g/mol. The summed E-state index contributed by atoms with van der Waals surface area (Å²) in [4.78, 5) is 16.6. The maximum atomic E-state index is 12.5. The number of anilines is 1. The maximum Gasteiger partial charge on any atom is 0.255 e. The number of aromatic nitrogens is 3. The molecule has 2 heterocycles. The molecule has 132 valence electrons. The summed E-state index contributed by atoms with van der Waals surface area (Å²) in [5.41, 5.74) is 3.13. The van der Waals surface area contributed by atoms with Crippen LogP contribution in [0.3, 0.4) is 0 Å². The largest absolute Gasteiger partial charge is 0.439 e. The molecule has 0 radical (unpaired) electrons. The minimum atomic E-state index is -0.212. The van der Waals surface area contributed by atoms with E-state index in [4.69, 9.17) is 4.74 Å². The van der Waals surface area contributed by atoms with E-state index in [0.717, 1.165) is 11.3 Å². The fourth-order valence-electron chi connectivity index (χ4n) is 2.58. The van der Waals surface area contributed by atoms with Gasteiger partial charge >= 0.3 is 0 Å². The van der Waals surface area contributed by atoms with Gasteiger partial charge in [0.1, 0.15) is 5.75 Å². The molecule has 6 nitrogen and oxygen atoms in total. The van der Waals surface area contributed by atoms with Crippen molar-refractivity contribution in [1.29, 1.82) is 0 Å². The number of carbonyl (C=O) groups excluding carboxylic acids is 1. The van der Waals surface area contributed by atoms with Crippen molar-refractivity contribution in [3.8, 4) is 22.9 Å². The predicted octanol–water partition coefficient (Wildman–Crippen LogP) is 4.52. The average molecular weight is 356 g/mol. The highest BCUT2D eigenvalue weighted by Gasteiger charge is 2.08. The topological polar surface area (TPSA) is 79.9 Å². The van der Waals surface area contributed by atoms with Gasteiger partial charge in [0.15, 0.2) is 0 Å². The van der Waals surface area contributed by atoms with Crippen molar-refractivity contribution in [2.24, 2.45) is 0 Å². The average Bonchev–Trinajstić information content (AvgIpc) is 3.24. The summed E-state index contributed by atoms with van der Waals surface area (Å²) in [5.74, 6) is 0.816. The van der Waals surface area contributed by atoms with Crippen LogP contribution in [0.4, 0.5) is 5.69 Å². The van der Waals surface area contributed by atoms with E-state index in [1.54, 1.807) is 42.7 Å². The molecule has 1 amide bonds. The molecule has 0 aliphatic carbocycles. The van der Waals surface area contributed by atoms with E-state index in [-0.39, 0.29) is 5.91 Å². The molecule has 0 atom stereocenters.